The first kappa shape index (κ1) is 42.5. The van der Waals surface area contributed by atoms with Crippen LogP contribution in [0.5, 0.6) is 0 Å². The Morgan fingerprint density at radius 1 is 0.667 bits per heavy atom. The summed E-state index contributed by atoms with van der Waals surface area (Å²) in [5, 5.41) is 24.8. The Morgan fingerprint density at radius 3 is 1.57 bits per heavy atom. The summed E-state index contributed by atoms with van der Waals surface area (Å²) in [7, 11) is 1.55. The van der Waals surface area contributed by atoms with Crippen LogP contribution >= 0.6 is 0 Å². The van der Waals surface area contributed by atoms with Gasteiger partial charge in [0.1, 0.15) is 6.61 Å². The second-order valence-corrected chi connectivity index (χ2v) is 13.6. The number of carbonyl (C=O) groups is 1. The maximum absolute atomic E-state index is 12.4. The third-order valence-electron chi connectivity index (χ3n) is 9.51. The molecule has 1 heterocycles. The molecule has 292 valence electrons. The molecule has 11 heteroatoms. The topological polar surface area (TPSA) is 145 Å². The predicted molar refractivity (Wildman–Crippen MR) is 211 cm³/mol. The number of methoxy groups -OCH3 is 1. The summed E-state index contributed by atoms with van der Waals surface area (Å²) in [5.74, 6) is 1.50. The molecule has 0 amide bonds. The Labute approximate surface area is 320 Å². The first-order valence-corrected chi connectivity index (χ1v) is 19.4. The van der Waals surface area contributed by atoms with Crippen molar-refractivity contribution in [2.24, 2.45) is 11.8 Å². The number of aliphatic hydroxyl groups is 2. The average molecular weight is 743 g/mol. The molecule has 54 heavy (non-hydrogen) atoms. The van der Waals surface area contributed by atoms with E-state index in [-0.39, 0.29) is 6.61 Å². The Kier molecular flexibility index (Phi) is 18.0. The van der Waals surface area contributed by atoms with Crippen molar-refractivity contribution in [2.45, 2.75) is 91.6 Å². The van der Waals surface area contributed by atoms with Crippen molar-refractivity contribution in [3.63, 3.8) is 0 Å². The predicted octanol–water partition coefficient (Wildman–Crippen LogP) is 9.20. The van der Waals surface area contributed by atoms with Gasteiger partial charge < -0.3 is 34.5 Å². The van der Waals surface area contributed by atoms with Crippen LogP contribution in [0.4, 0.5) is 11.6 Å². The number of hydrogen-bond donors (Lipinski definition) is 3. The van der Waals surface area contributed by atoms with Gasteiger partial charge >= 0.3 is 5.97 Å². The highest BCUT2D eigenvalue weighted by Crippen LogP contribution is 2.28. The first-order chi connectivity index (χ1) is 26.3. The van der Waals surface area contributed by atoms with E-state index in [4.69, 9.17) is 33.9 Å². The van der Waals surface area contributed by atoms with Gasteiger partial charge in [-0.1, -0.05) is 115 Å². The van der Waals surface area contributed by atoms with Crippen molar-refractivity contribution >= 4 is 17.6 Å². The van der Waals surface area contributed by atoms with E-state index in [1.165, 1.54) is 0 Å². The number of benzene rings is 3. The maximum atomic E-state index is 12.4. The fourth-order valence-corrected chi connectivity index (χ4v) is 5.85. The highest BCUT2D eigenvalue weighted by atomic mass is 16.6. The van der Waals surface area contributed by atoms with Crippen molar-refractivity contribution < 1.29 is 34.0 Å². The average Bonchev–Trinajstić information content (AvgIpc) is 3.21. The third kappa shape index (κ3) is 13.2. The Morgan fingerprint density at radius 2 is 1.15 bits per heavy atom. The monoisotopic (exact) mass is 742 g/mol. The number of anilines is 2. The van der Waals surface area contributed by atoms with Gasteiger partial charge in [-0.2, -0.15) is 9.97 Å². The molecule has 4 rings (SSSR count). The molecule has 4 atom stereocenters. The van der Waals surface area contributed by atoms with Crippen molar-refractivity contribution in [3.8, 4) is 22.8 Å². The van der Waals surface area contributed by atoms with E-state index >= 15 is 0 Å². The number of nitrogens with zero attached hydrogens (tertiary/aromatic N) is 3. The molecule has 0 fully saturated rings. The van der Waals surface area contributed by atoms with Crippen molar-refractivity contribution in [2.75, 3.05) is 38.9 Å². The summed E-state index contributed by atoms with van der Waals surface area (Å²) in [5.41, 5.74) is 3.79. The first-order valence-electron chi connectivity index (χ1n) is 19.4. The highest BCUT2D eigenvalue weighted by molar-refractivity contribution is 5.89. The van der Waals surface area contributed by atoms with E-state index in [0.717, 1.165) is 62.5 Å². The molecule has 0 spiro atoms. The SMILES string of the molecule is CCCCC(CC)COC(O)c1ccc(-c2nc(Nc3ccc(C(=O)OCCOC)cc3)nc(-c3ccc(C(O)OCC(CC)CCCC)cc3)n2)cc1. The Balaban J connectivity index is 1.56. The molecule has 0 radical (unpaired) electrons. The fourth-order valence-electron chi connectivity index (χ4n) is 5.85. The molecule has 0 aliphatic heterocycles. The third-order valence-corrected chi connectivity index (χ3v) is 9.51. The van der Waals surface area contributed by atoms with Gasteiger partial charge in [0, 0.05) is 35.1 Å². The molecule has 3 aromatic carbocycles. The lowest BCUT2D eigenvalue weighted by molar-refractivity contribution is -0.114. The number of carbonyl (C=O) groups excluding carboxylic acids is 1. The zero-order valence-electron chi connectivity index (χ0n) is 32.5. The van der Waals surface area contributed by atoms with Crippen LogP contribution in [0, 0.1) is 11.8 Å². The molecule has 4 unspecified atom stereocenters. The maximum Gasteiger partial charge on any atom is 0.338 e. The quantitative estimate of drug-likeness (QED) is 0.0359. The van der Waals surface area contributed by atoms with Gasteiger partial charge in [-0.15, -0.1) is 0 Å². The smallest absolute Gasteiger partial charge is 0.338 e. The van der Waals surface area contributed by atoms with Crippen molar-refractivity contribution in [3.05, 3.63) is 89.5 Å². The number of nitrogens with one attached hydrogen (secondary N) is 1. The number of hydrogen-bond acceptors (Lipinski definition) is 11. The summed E-state index contributed by atoms with van der Waals surface area (Å²) in [6.45, 7) is 10.1. The molecule has 0 bridgehead atoms. The minimum atomic E-state index is -1.04. The molecule has 0 aliphatic rings. The number of rotatable bonds is 24. The van der Waals surface area contributed by atoms with Crippen LogP contribution in [0.25, 0.3) is 22.8 Å². The number of aromatic nitrogens is 3. The lowest BCUT2D eigenvalue weighted by Crippen LogP contribution is -2.13. The Hall–Kier alpha value is -4.26. The normalized spacial score (nSPS) is 13.6. The van der Waals surface area contributed by atoms with Crippen molar-refractivity contribution in [1.82, 2.24) is 15.0 Å². The van der Waals surface area contributed by atoms with Gasteiger partial charge in [0.15, 0.2) is 24.2 Å². The Bertz CT molecular complexity index is 1580. The van der Waals surface area contributed by atoms with Crippen LogP contribution in [0.3, 0.4) is 0 Å². The van der Waals surface area contributed by atoms with Gasteiger partial charge in [-0.3, -0.25) is 0 Å². The van der Waals surface area contributed by atoms with E-state index in [2.05, 4.69) is 33.0 Å². The molecular weight excluding hydrogens is 684 g/mol. The lowest BCUT2D eigenvalue weighted by Gasteiger charge is -2.18. The summed E-state index contributed by atoms with van der Waals surface area (Å²) < 4.78 is 21.9. The lowest BCUT2D eigenvalue weighted by atomic mass is 10.0. The molecule has 0 saturated carbocycles. The largest absolute Gasteiger partial charge is 0.460 e. The zero-order valence-corrected chi connectivity index (χ0v) is 32.5. The molecule has 0 aliphatic carbocycles. The summed E-state index contributed by atoms with van der Waals surface area (Å²) in [6.07, 6.45) is 6.66. The number of aliphatic hydroxyl groups excluding tert-OH is 2. The highest BCUT2D eigenvalue weighted by Gasteiger charge is 2.17. The van der Waals surface area contributed by atoms with E-state index in [1.807, 2.05) is 48.5 Å². The second kappa shape index (κ2) is 22.8. The van der Waals surface area contributed by atoms with Gasteiger partial charge in [0.05, 0.1) is 25.4 Å². The number of ether oxygens (including phenoxy) is 4. The van der Waals surface area contributed by atoms with Gasteiger partial charge in [-0.25, -0.2) is 9.78 Å². The van der Waals surface area contributed by atoms with Crippen LogP contribution in [0.2, 0.25) is 0 Å². The van der Waals surface area contributed by atoms with Crippen LogP contribution in [-0.2, 0) is 18.9 Å². The molecule has 0 saturated heterocycles. The van der Waals surface area contributed by atoms with E-state index in [9.17, 15) is 15.0 Å². The standard InChI is InChI=1S/C43H58N4O7/c1-6-10-12-30(8-3)28-53-41(49)34-18-14-32(15-19-34)38-45-39(33-16-20-35(21-17-33)42(50)54-29-31(9-4)13-11-7-2)47-43(46-38)44-37-24-22-36(23-25-37)40(48)52-27-26-51-5/h14-25,30-31,41-42,49-50H,6-13,26-29H2,1-5H3,(H,44,45,46,47). The van der Waals surface area contributed by atoms with Gasteiger partial charge in [-0.05, 0) is 48.9 Å². The van der Waals surface area contributed by atoms with Crippen LogP contribution < -0.4 is 5.32 Å². The molecule has 1 aromatic heterocycles. The molecular formula is C43H58N4O7. The summed E-state index contributed by atoms with van der Waals surface area (Å²) in [4.78, 5) is 26.7. The van der Waals surface area contributed by atoms with Gasteiger partial charge in [0.2, 0.25) is 5.95 Å². The van der Waals surface area contributed by atoms with E-state index in [0.29, 0.717) is 71.6 Å². The minimum Gasteiger partial charge on any atom is -0.460 e. The molecule has 4 aromatic rings. The second-order valence-electron chi connectivity index (χ2n) is 13.6. The summed E-state index contributed by atoms with van der Waals surface area (Å²) in [6, 6.07) is 21.5. The summed E-state index contributed by atoms with van der Waals surface area (Å²) >= 11 is 0. The number of unbranched alkanes of at least 4 members (excludes halogenated alkanes) is 2. The zero-order chi connectivity index (χ0) is 38.7. The van der Waals surface area contributed by atoms with Crippen LogP contribution in [-0.4, -0.2) is 64.7 Å². The minimum absolute atomic E-state index is 0.169. The van der Waals surface area contributed by atoms with Crippen molar-refractivity contribution in [1.29, 1.82) is 0 Å². The van der Waals surface area contributed by atoms with Gasteiger partial charge in [0.25, 0.3) is 0 Å². The van der Waals surface area contributed by atoms with Crippen LogP contribution in [0.15, 0.2) is 72.8 Å². The van der Waals surface area contributed by atoms with E-state index < -0.39 is 18.5 Å². The fraction of sp³-hybridized carbons (Fsp3) is 0.488. The number of esters is 1. The van der Waals surface area contributed by atoms with Crippen LogP contribution in [0.1, 0.15) is 113 Å². The molecule has 11 nitrogen and oxygen atoms in total. The molecule has 3 N–H and O–H groups in total. The van der Waals surface area contributed by atoms with E-state index in [1.54, 1.807) is 31.4 Å².